The second-order valence-electron chi connectivity index (χ2n) is 4.58. The van der Waals surface area contributed by atoms with E-state index in [9.17, 15) is 0 Å². The minimum absolute atomic E-state index is 0.835. The third-order valence-electron chi connectivity index (χ3n) is 3.37. The lowest BCUT2D eigenvalue weighted by Gasteiger charge is -2.45. The maximum Gasteiger partial charge on any atom is 0.0608 e. The van der Waals surface area contributed by atoms with Crippen LogP contribution in [0.1, 0.15) is 6.92 Å². The summed E-state index contributed by atoms with van der Waals surface area (Å²) >= 11 is 0. The van der Waals surface area contributed by atoms with Gasteiger partial charge in [0.05, 0.1) is 26.4 Å². The smallest absolute Gasteiger partial charge is 0.0608 e. The third-order valence-corrected chi connectivity index (χ3v) is 3.37. The van der Waals surface area contributed by atoms with Crippen molar-refractivity contribution in [2.75, 3.05) is 72.2 Å². The molecule has 1 N–H and O–H groups in total. The first-order valence-corrected chi connectivity index (χ1v) is 7.05. The maximum atomic E-state index is 5.44. The largest absolute Gasteiger partial charge is 0.379 e. The van der Waals surface area contributed by atoms with Crippen molar-refractivity contribution in [3.63, 3.8) is 0 Å². The lowest BCUT2D eigenvalue weighted by molar-refractivity contribution is -0.225. The molecule has 18 heavy (non-hydrogen) atoms. The van der Waals surface area contributed by atoms with E-state index in [0.29, 0.717) is 0 Å². The van der Waals surface area contributed by atoms with Gasteiger partial charge in [-0.1, -0.05) is 6.92 Å². The molecule has 2 saturated heterocycles. The van der Waals surface area contributed by atoms with Crippen molar-refractivity contribution in [2.24, 2.45) is 0 Å². The van der Waals surface area contributed by atoms with Crippen LogP contribution in [0.15, 0.2) is 0 Å². The lowest BCUT2D eigenvalue weighted by Crippen LogP contribution is -2.60. The zero-order valence-electron chi connectivity index (χ0n) is 11.4. The molecule has 0 saturated carbocycles. The van der Waals surface area contributed by atoms with Crippen LogP contribution in [0, 0.1) is 0 Å². The van der Waals surface area contributed by atoms with Gasteiger partial charge in [-0.15, -0.1) is 0 Å². The fourth-order valence-electron chi connectivity index (χ4n) is 2.39. The average Bonchev–Trinajstić information content (AvgIpc) is 2.46. The first-order chi connectivity index (χ1) is 8.92. The Morgan fingerprint density at radius 2 is 1.44 bits per heavy atom. The van der Waals surface area contributed by atoms with Crippen LogP contribution in [0.4, 0.5) is 0 Å². The molecule has 0 aromatic heterocycles. The van der Waals surface area contributed by atoms with Crippen LogP contribution in [-0.4, -0.2) is 87.4 Å². The van der Waals surface area contributed by atoms with E-state index in [1.807, 2.05) is 0 Å². The number of hydrogen-bond donors (Lipinski definition) is 1. The molecule has 0 unspecified atom stereocenters. The van der Waals surface area contributed by atoms with E-state index >= 15 is 0 Å². The molecule has 2 rings (SSSR count). The Balaban J connectivity index is 1.87. The number of hydrazine groups is 2. The molecule has 2 heterocycles. The summed E-state index contributed by atoms with van der Waals surface area (Å²) in [6.45, 7) is 12.5. The zero-order chi connectivity index (χ0) is 12.6. The SMILES string of the molecule is CCNCCN(N1CCOCC1)N1CCOCC1. The molecular formula is C12H26N4O2. The molecule has 0 aromatic rings. The number of nitrogens with one attached hydrogen (secondary N) is 1. The molecule has 2 aliphatic rings. The summed E-state index contributed by atoms with van der Waals surface area (Å²) < 4.78 is 10.9. The van der Waals surface area contributed by atoms with Crippen LogP contribution < -0.4 is 5.32 Å². The van der Waals surface area contributed by atoms with Gasteiger partial charge >= 0.3 is 0 Å². The van der Waals surface area contributed by atoms with E-state index in [-0.39, 0.29) is 0 Å². The number of rotatable bonds is 6. The predicted molar refractivity (Wildman–Crippen MR) is 70.0 cm³/mol. The lowest BCUT2D eigenvalue weighted by atomic mass is 10.4. The molecule has 0 amide bonds. The highest BCUT2D eigenvalue weighted by Gasteiger charge is 2.25. The number of hydrogen-bond acceptors (Lipinski definition) is 6. The van der Waals surface area contributed by atoms with E-state index in [2.05, 4.69) is 27.4 Å². The maximum absolute atomic E-state index is 5.44. The average molecular weight is 258 g/mol. The Kier molecular flexibility index (Phi) is 6.33. The first kappa shape index (κ1) is 14.2. The fourth-order valence-corrected chi connectivity index (χ4v) is 2.39. The molecule has 2 aliphatic heterocycles. The highest BCUT2D eigenvalue weighted by molar-refractivity contribution is 4.65. The molecule has 0 aliphatic carbocycles. The number of morpholine rings is 2. The molecular weight excluding hydrogens is 232 g/mol. The van der Waals surface area contributed by atoms with Crippen molar-refractivity contribution in [3.05, 3.63) is 0 Å². The highest BCUT2D eigenvalue weighted by atomic mass is 16.5. The van der Waals surface area contributed by atoms with Crippen LogP contribution in [-0.2, 0) is 9.47 Å². The summed E-state index contributed by atoms with van der Waals surface area (Å²) in [5, 5.41) is 10.6. The van der Waals surface area contributed by atoms with Crippen LogP contribution in [0.3, 0.4) is 0 Å². The highest BCUT2D eigenvalue weighted by Crippen LogP contribution is 2.09. The quantitative estimate of drug-likeness (QED) is 0.641. The minimum atomic E-state index is 0.835. The predicted octanol–water partition coefficient (Wildman–Crippen LogP) is -0.608. The van der Waals surface area contributed by atoms with E-state index in [1.54, 1.807) is 0 Å². The molecule has 106 valence electrons. The summed E-state index contributed by atoms with van der Waals surface area (Å²) in [6.07, 6.45) is 0. The van der Waals surface area contributed by atoms with Gasteiger partial charge < -0.3 is 14.8 Å². The van der Waals surface area contributed by atoms with Gasteiger partial charge in [0.15, 0.2) is 0 Å². The van der Waals surface area contributed by atoms with Crippen molar-refractivity contribution in [3.8, 4) is 0 Å². The Labute approximate surface area is 110 Å². The monoisotopic (exact) mass is 258 g/mol. The van der Waals surface area contributed by atoms with Crippen molar-refractivity contribution in [1.29, 1.82) is 0 Å². The standard InChI is InChI=1S/C12H26N4O2/c1-2-13-3-4-16(14-5-9-17-10-6-14)15-7-11-18-12-8-15/h13H,2-12H2,1H3. The van der Waals surface area contributed by atoms with E-state index in [4.69, 9.17) is 9.47 Å². The summed E-state index contributed by atoms with van der Waals surface area (Å²) in [6, 6.07) is 0. The van der Waals surface area contributed by atoms with Crippen LogP contribution in [0.5, 0.6) is 0 Å². The molecule has 6 heteroatoms. The Morgan fingerprint density at radius 1 is 0.944 bits per heavy atom. The van der Waals surface area contributed by atoms with Gasteiger partial charge in [0.25, 0.3) is 0 Å². The van der Waals surface area contributed by atoms with Crippen LogP contribution in [0.25, 0.3) is 0 Å². The Hall–Kier alpha value is -0.240. The fraction of sp³-hybridized carbons (Fsp3) is 1.00. The van der Waals surface area contributed by atoms with Gasteiger partial charge in [0.1, 0.15) is 0 Å². The Bertz CT molecular complexity index is 200. The number of likely N-dealkylation sites (N-methyl/N-ethyl adjacent to an activating group) is 1. The van der Waals surface area contributed by atoms with E-state index < -0.39 is 0 Å². The van der Waals surface area contributed by atoms with Crippen molar-refractivity contribution >= 4 is 0 Å². The summed E-state index contributed by atoms with van der Waals surface area (Å²) in [5.74, 6) is 0. The summed E-state index contributed by atoms with van der Waals surface area (Å²) in [7, 11) is 0. The zero-order valence-corrected chi connectivity index (χ0v) is 11.4. The molecule has 0 spiro atoms. The topological polar surface area (TPSA) is 40.2 Å². The summed E-state index contributed by atoms with van der Waals surface area (Å²) in [4.78, 5) is 0. The van der Waals surface area contributed by atoms with E-state index in [1.165, 1.54) is 0 Å². The van der Waals surface area contributed by atoms with Crippen LogP contribution >= 0.6 is 0 Å². The van der Waals surface area contributed by atoms with Gasteiger partial charge in [-0.25, -0.2) is 10.0 Å². The molecule has 0 bridgehead atoms. The van der Waals surface area contributed by atoms with E-state index in [0.717, 1.165) is 72.2 Å². The van der Waals surface area contributed by atoms with Gasteiger partial charge in [0, 0.05) is 39.3 Å². The molecule has 0 atom stereocenters. The molecule has 0 aromatic carbocycles. The molecule has 2 fully saturated rings. The molecule has 6 nitrogen and oxygen atoms in total. The Morgan fingerprint density at radius 3 is 1.89 bits per heavy atom. The summed E-state index contributed by atoms with van der Waals surface area (Å²) in [5.41, 5.74) is 0. The second-order valence-corrected chi connectivity index (χ2v) is 4.58. The van der Waals surface area contributed by atoms with Crippen molar-refractivity contribution in [1.82, 2.24) is 20.5 Å². The first-order valence-electron chi connectivity index (χ1n) is 7.05. The van der Waals surface area contributed by atoms with Gasteiger partial charge in [-0.3, -0.25) is 0 Å². The van der Waals surface area contributed by atoms with Gasteiger partial charge in [-0.2, -0.15) is 5.12 Å². The van der Waals surface area contributed by atoms with Crippen molar-refractivity contribution in [2.45, 2.75) is 6.92 Å². The molecule has 0 radical (unpaired) electrons. The number of nitrogens with zero attached hydrogens (tertiary/aromatic N) is 3. The van der Waals surface area contributed by atoms with Crippen LogP contribution in [0.2, 0.25) is 0 Å². The van der Waals surface area contributed by atoms with Crippen molar-refractivity contribution < 1.29 is 9.47 Å². The third kappa shape index (κ3) is 4.15. The van der Waals surface area contributed by atoms with Gasteiger partial charge in [-0.05, 0) is 6.54 Å². The van der Waals surface area contributed by atoms with Gasteiger partial charge in [0.2, 0.25) is 0 Å². The number of ether oxygens (including phenoxy) is 2. The normalized spacial score (nSPS) is 23.7. The second kappa shape index (κ2) is 8.04. The minimum Gasteiger partial charge on any atom is -0.379 e.